The summed E-state index contributed by atoms with van der Waals surface area (Å²) < 4.78 is 0. The van der Waals surface area contributed by atoms with Crippen LogP contribution in [0.15, 0.2) is 36.4 Å². The molecule has 0 bridgehead atoms. The number of hydrogen-bond donors (Lipinski definition) is 3. The zero-order valence-corrected chi connectivity index (χ0v) is 18.1. The molecule has 3 N–H and O–H groups in total. The second-order valence-electron chi connectivity index (χ2n) is 7.92. The fourth-order valence-electron chi connectivity index (χ4n) is 4.67. The molecule has 1 aromatic carbocycles. The molecule has 1 aliphatic heterocycles. The molecule has 0 radical (unpaired) electrons. The quantitative estimate of drug-likeness (QED) is 0.598. The third-order valence-electron chi connectivity index (χ3n) is 6.19. The van der Waals surface area contributed by atoms with Crippen LogP contribution in [0.25, 0.3) is 0 Å². The molecule has 3 rings (SSSR count). The first kappa shape index (κ1) is 22.3. The molecular formula is C22H28ClN3O4. The van der Waals surface area contributed by atoms with Crippen LogP contribution in [0.3, 0.4) is 0 Å². The van der Waals surface area contributed by atoms with E-state index in [9.17, 15) is 19.5 Å². The molecule has 3 amide bonds. The number of aliphatic hydroxyl groups excluding tert-OH is 1. The van der Waals surface area contributed by atoms with Crippen molar-refractivity contribution < 1.29 is 19.5 Å². The predicted molar refractivity (Wildman–Crippen MR) is 115 cm³/mol. The highest BCUT2D eigenvalue weighted by Crippen LogP contribution is 2.45. The third-order valence-corrected chi connectivity index (χ3v) is 6.44. The van der Waals surface area contributed by atoms with E-state index >= 15 is 0 Å². The monoisotopic (exact) mass is 433 g/mol. The first-order chi connectivity index (χ1) is 14.3. The molecule has 0 unspecified atom stereocenters. The Kier molecular flexibility index (Phi) is 6.83. The number of carbonyl (C=O) groups excluding carboxylic acids is 3. The number of halogens is 1. The molecule has 6 atom stereocenters. The third kappa shape index (κ3) is 3.96. The number of anilines is 1. The molecular weight excluding hydrogens is 406 g/mol. The normalized spacial score (nSPS) is 28.8. The molecule has 1 aromatic rings. The summed E-state index contributed by atoms with van der Waals surface area (Å²) in [5.74, 6) is -2.56. The molecule has 2 aliphatic rings. The lowest BCUT2D eigenvalue weighted by molar-refractivity contribution is -0.142. The van der Waals surface area contributed by atoms with Crippen molar-refractivity contribution in [2.75, 3.05) is 19.0 Å². The summed E-state index contributed by atoms with van der Waals surface area (Å²) in [5.41, 5.74) is 0.561. The summed E-state index contributed by atoms with van der Waals surface area (Å²) in [5, 5.41) is 15.8. The second-order valence-corrected chi connectivity index (χ2v) is 8.35. The van der Waals surface area contributed by atoms with Crippen LogP contribution in [0.5, 0.6) is 0 Å². The van der Waals surface area contributed by atoms with E-state index in [-0.39, 0.29) is 30.2 Å². The van der Waals surface area contributed by atoms with Crippen LogP contribution in [0.1, 0.15) is 20.3 Å². The van der Waals surface area contributed by atoms with Crippen molar-refractivity contribution in [1.82, 2.24) is 10.2 Å². The minimum Gasteiger partial charge on any atom is -0.394 e. The maximum Gasteiger partial charge on any atom is 0.247 e. The van der Waals surface area contributed by atoms with E-state index in [2.05, 4.69) is 10.6 Å². The fourth-order valence-corrected chi connectivity index (χ4v) is 4.80. The van der Waals surface area contributed by atoms with Gasteiger partial charge < -0.3 is 20.6 Å². The lowest BCUT2D eigenvalue weighted by Gasteiger charge is -2.33. The number of nitrogens with one attached hydrogen (secondary N) is 2. The topological polar surface area (TPSA) is 98.7 Å². The van der Waals surface area contributed by atoms with Gasteiger partial charge in [-0.25, -0.2) is 0 Å². The molecule has 162 valence electrons. The first-order valence-corrected chi connectivity index (χ1v) is 10.6. The highest BCUT2D eigenvalue weighted by Gasteiger charge is 2.57. The van der Waals surface area contributed by atoms with E-state index in [1.54, 1.807) is 38.2 Å². The van der Waals surface area contributed by atoms with Crippen molar-refractivity contribution in [3.05, 3.63) is 41.4 Å². The number of allylic oxidation sites excluding steroid dienone is 1. The van der Waals surface area contributed by atoms with Gasteiger partial charge in [0.05, 0.1) is 24.5 Å². The Morgan fingerprint density at radius 2 is 1.87 bits per heavy atom. The number of fused-ring (bicyclic) bond motifs is 1. The van der Waals surface area contributed by atoms with Gasteiger partial charge in [-0.15, -0.1) is 0 Å². The van der Waals surface area contributed by atoms with Crippen molar-refractivity contribution in [1.29, 1.82) is 0 Å². The van der Waals surface area contributed by atoms with Crippen LogP contribution in [0.4, 0.5) is 5.69 Å². The SMILES string of the molecule is CC[C@@H]1C=C[C@H]2[C@@H](C(=O)N([C@H](C)CO)[C@@H]2C(=O)Nc2ccc(Cl)cc2)[C@@H]1C(=O)NC. The Balaban J connectivity index is 1.99. The molecule has 1 heterocycles. The van der Waals surface area contributed by atoms with Gasteiger partial charge in [-0.3, -0.25) is 14.4 Å². The Hall–Kier alpha value is -2.38. The Morgan fingerprint density at radius 1 is 1.20 bits per heavy atom. The largest absolute Gasteiger partial charge is 0.394 e. The van der Waals surface area contributed by atoms with Gasteiger partial charge in [-0.2, -0.15) is 0 Å². The number of nitrogens with zero attached hydrogens (tertiary/aromatic N) is 1. The zero-order valence-electron chi connectivity index (χ0n) is 17.3. The van der Waals surface area contributed by atoms with Gasteiger partial charge in [-0.05, 0) is 43.5 Å². The molecule has 8 heteroatoms. The Labute approximate surface area is 181 Å². The molecule has 7 nitrogen and oxygen atoms in total. The molecule has 0 aromatic heterocycles. The molecule has 1 fully saturated rings. The van der Waals surface area contributed by atoms with Gasteiger partial charge in [0.15, 0.2) is 0 Å². The van der Waals surface area contributed by atoms with Crippen molar-refractivity contribution >= 4 is 35.0 Å². The predicted octanol–water partition coefficient (Wildman–Crippen LogP) is 2.06. The maximum atomic E-state index is 13.4. The highest BCUT2D eigenvalue weighted by atomic mass is 35.5. The number of carbonyl (C=O) groups is 3. The standard InChI is InChI=1S/C22H28ClN3O4/c1-4-13-5-10-16-18(17(13)20(28)24-3)22(30)26(12(2)11-27)19(16)21(29)25-15-8-6-14(23)7-9-15/h5-10,12-13,16-19,27H,4,11H2,1-3H3,(H,24,28)(H,25,29)/t12-,13-,16+,17-,18-,19+/m1/s1. The van der Waals surface area contributed by atoms with Crippen LogP contribution in [-0.4, -0.2) is 53.5 Å². The van der Waals surface area contributed by atoms with Crippen LogP contribution >= 0.6 is 11.6 Å². The van der Waals surface area contributed by atoms with Gasteiger partial charge >= 0.3 is 0 Å². The number of rotatable bonds is 6. The molecule has 1 aliphatic carbocycles. The van der Waals surface area contributed by atoms with Gasteiger partial charge in [0.1, 0.15) is 6.04 Å². The van der Waals surface area contributed by atoms with Crippen molar-refractivity contribution in [3.63, 3.8) is 0 Å². The molecule has 1 saturated heterocycles. The van der Waals surface area contributed by atoms with Crippen molar-refractivity contribution in [3.8, 4) is 0 Å². The minimum absolute atomic E-state index is 0.0838. The average Bonchev–Trinajstić information content (AvgIpc) is 3.06. The Bertz CT molecular complexity index is 841. The zero-order chi connectivity index (χ0) is 22.0. The average molecular weight is 434 g/mol. The van der Waals surface area contributed by atoms with Gasteiger partial charge in [0.2, 0.25) is 17.7 Å². The van der Waals surface area contributed by atoms with E-state index in [4.69, 9.17) is 11.6 Å². The van der Waals surface area contributed by atoms with Gasteiger partial charge in [0.25, 0.3) is 0 Å². The van der Waals surface area contributed by atoms with Crippen LogP contribution in [0, 0.1) is 23.7 Å². The van der Waals surface area contributed by atoms with E-state index in [0.29, 0.717) is 17.1 Å². The summed E-state index contributed by atoms with van der Waals surface area (Å²) in [7, 11) is 1.56. The van der Waals surface area contributed by atoms with Crippen LogP contribution < -0.4 is 10.6 Å². The first-order valence-electron chi connectivity index (χ1n) is 10.2. The number of hydrogen-bond acceptors (Lipinski definition) is 4. The highest BCUT2D eigenvalue weighted by molar-refractivity contribution is 6.30. The van der Waals surface area contributed by atoms with Gasteiger partial charge in [-0.1, -0.05) is 30.7 Å². The molecule has 0 spiro atoms. The van der Waals surface area contributed by atoms with Crippen molar-refractivity contribution in [2.24, 2.45) is 23.7 Å². The molecule has 30 heavy (non-hydrogen) atoms. The number of likely N-dealkylation sites (tertiary alicyclic amines) is 1. The van der Waals surface area contributed by atoms with Gasteiger partial charge in [0, 0.05) is 23.7 Å². The summed E-state index contributed by atoms with van der Waals surface area (Å²) in [6, 6.07) is 5.34. The second kappa shape index (κ2) is 9.18. The van der Waals surface area contributed by atoms with E-state index < -0.39 is 29.8 Å². The van der Waals surface area contributed by atoms with E-state index in [1.165, 1.54) is 4.90 Å². The van der Waals surface area contributed by atoms with E-state index in [1.807, 2.05) is 19.1 Å². The maximum absolute atomic E-state index is 13.4. The van der Waals surface area contributed by atoms with Crippen LogP contribution in [0.2, 0.25) is 5.02 Å². The number of amides is 3. The summed E-state index contributed by atoms with van der Waals surface area (Å²) in [6.07, 6.45) is 4.55. The minimum atomic E-state index is -0.818. The summed E-state index contributed by atoms with van der Waals surface area (Å²) >= 11 is 5.92. The fraction of sp³-hybridized carbons (Fsp3) is 0.500. The lowest BCUT2D eigenvalue weighted by atomic mass is 9.69. The smallest absolute Gasteiger partial charge is 0.247 e. The van der Waals surface area contributed by atoms with Crippen LogP contribution in [-0.2, 0) is 14.4 Å². The summed E-state index contributed by atoms with van der Waals surface area (Å²) in [6.45, 7) is 3.40. The molecule has 0 saturated carbocycles. The Morgan fingerprint density at radius 3 is 2.43 bits per heavy atom. The number of aliphatic hydroxyl groups is 1. The van der Waals surface area contributed by atoms with E-state index in [0.717, 1.165) is 0 Å². The lowest BCUT2D eigenvalue weighted by Crippen LogP contribution is -2.49. The number of benzene rings is 1. The summed E-state index contributed by atoms with van der Waals surface area (Å²) in [4.78, 5) is 40.9. The van der Waals surface area contributed by atoms with Crippen molar-refractivity contribution in [2.45, 2.75) is 32.4 Å².